The molecule has 0 radical (unpaired) electrons. The number of para-hydroxylation sites is 1. The Kier molecular flexibility index (Phi) is 10.4. The minimum absolute atomic E-state index is 0. The summed E-state index contributed by atoms with van der Waals surface area (Å²) in [6.07, 6.45) is 3.43. The molecule has 2 aromatic rings. The molecule has 2 N–H and O–H groups in total. The summed E-state index contributed by atoms with van der Waals surface area (Å²) in [5, 5.41) is 9.92. The minimum Gasteiger partial charge on any atom is -0.492 e. The van der Waals surface area contributed by atoms with Crippen molar-refractivity contribution in [3.05, 3.63) is 41.4 Å². The van der Waals surface area contributed by atoms with Gasteiger partial charge in [0.25, 0.3) is 0 Å². The van der Waals surface area contributed by atoms with Gasteiger partial charge >= 0.3 is 0 Å². The maximum absolute atomic E-state index is 5.70. The van der Waals surface area contributed by atoms with Gasteiger partial charge in [-0.05, 0) is 31.9 Å². The Morgan fingerprint density at radius 3 is 2.75 bits per heavy atom. The molecular formula is C20H30IN5OS. The molecule has 8 heteroatoms. The molecule has 1 aliphatic rings. The fourth-order valence-corrected chi connectivity index (χ4v) is 3.86. The van der Waals surface area contributed by atoms with Gasteiger partial charge in [0.1, 0.15) is 12.4 Å². The maximum atomic E-state index is 5.70. The summed E-state index contributed by atoms with van der Waals surface area (Å²) in [4.78, 5) is 11.8. The summed E-state index contributed by atoms with van der Waals surface area (Å²) in [5.74, 6) is 1.71. The second kappa shape index (κ2) is 12.8. The number of thiazole rings is 1. The molecule has 1 fully saturated rings. The van der Waals surface area contributed by atoms with Crippen LogP contribution in [-0.2, 0) is 6.42 Å². The zero-order valence-electron chi connectivity index (χ0n) is 16.4. The molecule has 0 amide bonds. The quantitative estimate of drug-likeness (QED) is 0.232. The van der Waals surface area contributed by atoms with E-state index in [1.807, 2.05) is 30.3 Å². The lowest BCUT2D eigenvalue weighted by molar-refractivity contribution is 0.322. The first-order valence-electron chi connectivity index (χ1n) is 9.74. The van der Waals surface area contributed by atoms with Crippen LogP contribution in [0.3, 0.4) is 0 Å². The van der Waals surface area contributed by atoms with Crippen LogP contribution >= 0.6 is 35.3 Å². The van der Waals surface area contributed by atoms with Gasteiger partial charge in [0.15, 0.2) is 11.1 Å². The fourth-order valence-electron chi connectivity index (χ4n) is 2.94. The highest BCUT2D eigenvalue weighted by molar-refractivity contribution is 14.0. The Bertz CT molecular complexity index is 704. The van der Waals surface area contributed by atoms with Gasteiger partial charge < -0.3 is 20.3 Å². The topological polar surface area (TPSA) is 61.8 Å². The first kappa shape index (κ1) is 22.7. The molecule has 1 aromatic heterocycles. The number of anilines is 1. The summed E-state index contributed by atoms with van der Waals surface area (Å²) in [5.41, 5.74) is 1.13. The third-order valence-corrected chi connectivity index (χ3v) is 5.25. The largest absolute Gasteiger partial charge is 0.492 e. The molecule has 6 nitrogen and oxygen atoms in total. The van der Waals surface area contributed by atoms with Gasteiger partial charge in [-0.1, -0.05) is 18.2 Å². The smallest absolute Gasteiger partial charge is 0.191 e. The molecule has 1 aliphatic heterocycles. The Hall–Kier alpha value is -1.55. The summed E-state index contributed by atoms with van der Waals surface area (Å²) in [6.45, 7) is 7.21. The Labute approximate surface area is 188 Å². The SMILES string of the molecule is CCNC(=NCCc1csc(N2CCCC2)n1)NCCOc1ccccc1.I. The van der Waals surface area contributed by atoms with Crippen LogP contribution in [-0.4, -0.2) is 50.3 Å². The van der Waals surface area contributed by atoms with Crippen LogP contribution in [0.5, 0.6) is 5.75 Å². The van der Waals surface area contributed by atoms with E-state index in [4.69, 9.17) is 9.72 Å². The second-order valence-corrected chi connectivity index (χ2v) is 7.25. The van der Waals surface area contributed by atoms with Crippen molar-refractivity contribution >= 4 is 46.4 Å². The van der Waals surface area contributed by atoms with Crippen LogP contribution in [0.2, 0.25) is 0 Å². The van der Waals surface area contributed by atoms with E-state index >= 15 is 0 Å². The van der Waals surface area contributed by atoms with Crippen molar-refractivity contribution in [2.45, 2.75) is 26.2 Å². The van der Waals surface area contributed by atoms with Gasteiger partial charge in [0, 0.05) is 38.0 Å². The summed E-state index contributed by atoms with van der Waals surface area (Å²) < 4.78 is 5.70. The number of aromatic nitrogens is 1. The van der Waals surface area contributed by atoms with E-state index in [1.54, 1.807) is 11.3 Å². The Morgan fingerprint density at radius 1 is 1.21 bits per heavy atom. The number of benzene rings is 1. The molecule has 2 heterocycles. The normalized spacial score (nSPS) is 13.9. The van der Waals surface area contributed by atoms with E-state index < -0.39 is 0 Å². The summed E-state index contributed by atoms with van der Waals surface area (Å²) in [7, 11) is 0. The minimum atomic E-state index is 0. The second-order valence-electron chi connectivity index (χ2n) is 6.41. The van der Waals surface area contributed by atoms with Crippen molar-refractivity contribution in [2.24, 2.45) is 4.99 Å². The van der Waals surface area contributed by atoms with E-state index in [9.17, 15) is 0 Å². The monoisotopic (exact) mass is 515 g/mol. The van der Waals surface area contributed by atoms with Crippen LogP contribution < -0.4 is 20.3 Å². The standard InChI is InChI=1S/C20H29N5OS.HI/c1-2-21-19(23-12-15-26-18-8-4-3-5-9-18)22-11-10-17-16-27-20(24-17)25-13-6-7-14-25;/h3-5,8-9,16H,2,6-7,10-15H2,1H3,(H2,21,22,23);1H. The third kappa shape index (κ3) is 7.46. The molecule has 3 rings (SSSR count). The van der Waals surface area contributed by atoms with Gasteiger partial charge in [-0.15, -0.1) is 35.3 Å². The maximum Gasteiger partial charge on any atom is 0.191 e. The van der Waals surface area contributed by atoms with Crippen LogP contribution in [0.4, 0.5) is 5.13 Å². The number of ether oxygens (including phenoxy) is 1. The molecule has 0 unspecified atom stereocenters. The van der Waals surface area contributed by atoms with E-state index in [2.05, 4.69) is 32.8 Å². The molecule has 1 saturated heterocycles. The van der Waals surface area contributed by atoms with Crippen LogP contribution in [0.15, 0.2) is 40.7 Å². The molecule has 154 valence electrons. The van der Waals surface area contributed by atoms with Crippen LogP contribution in [0.25, 0.3) is 0 Å². The van der Waals surface area contributed by atoms with Crippen molar-refractivity contribution < 1.29 is 4.74 Å². The number of hydrogen-bond acceptors (Lipinski definition) is 5. The first-order chi connectivity index (χ1) is 13.3. The number of nitrogens with zero attached hydrogens (tertiary/aromatic N) is 3. The van der Waals surface area contributed by atoms with E-state index in [0.717, 1.165) is 55.1 Å². The molecule has 1 aromatic carbocycles. The van der Waals surface area contributed by atoms with Gasteiger partial charge in [0.05, 0.1) is 12.2 Å². The van der Waals surface area contributed by atoms with Gasteiger partial charge in [-0.3, -0.25) is 4.99 Å². The lowest BCUT2D eigenvalue weighted by Gasteiger charge is -2.12. The predicted octanol–water partition coefficient (Wildman–Crippen LogP) is 3.54. The number of guanidine groups is 1. The van der Waals surface area contributed by atoms with Gasteiger partial charge in [0.2, 0.25) is 0 Å². The van der Waals surface area contributed by atoms with Gasteiger partial charge in [-0.2, -0.15) is 0 Å². The third-order valence-electron chi connectivity index (χ3n) is 4.30. The van der Waals surface area contributed by atoms with E-state index in [0.29, 0.717) is 13.2 Å². The zero-order chi connectivity index (χ0) is 18.7. The Balaban J connectivity index is 0.00000280. The van der Waals surface area contributed by atoms with E-state index in [1.165, 1.54) is 12.8 Å². The average Bonchev–Trinajstić information content (AvgIpc) is 3.38. The Morgan fingerprint density at radius 2 is 2.00 bits per heavy atom. The molecule has 0 atom stereocenters. The number of nitrogens with one attached hydrogen (secondary N) is 2. The molecule has 0 saturated carbocycles. The highest BCUT2D eigenvalue weighted by atomic mass is 127. The van der Waals surface area contributed by atoms with E-state index in [-0.39, 0.29) is 24.0 Å². The molecule has 0 bridgehead atoms. The number of halogens is 1. The highest BCUT2D eigenvalue weighted by Gasteiger charge is 2.15. The number of rotatable bonds is 9. The zero-order valence-corrected chi connectivity index (χ0v) is 19.5. The number of hydrogen-bond donors (Lipinski definition) is 2. The fraction of sp³-hybridized carbons (Fsp3) is 0.500. The lowest BCUT2D eigenvalue weighted by Crippen LogP contribution is -2.39. The van der Waals surface area contributed by atoms with Gasteiger partial charge in [-0.25, -0.2) is 4.98 Å². The summed E-state index contributed by atoms with van der Waals surface area (Å²) >= 11 is 1.75. The highest BCUT2D eigenvalue weighted by Crippen LogP contribution is 2.24. The molecular weight excluding hydrogens is 485 g/mol. The predicted molar refractivity (Wildman–Crippen MR) is 129 cm³/mol. The van der Waals surface area contributed by atoms with Crippen molar-refractivity contribution in [1.82, 2.24) is 15.6 Å². The van der Waals surface area contributed by atoms with Crippen molar-refractivity contribution in [3.63, 3.8) is 0 Å². The van der Waals surface area contributed by atoms with Crippen molar-refractivity contribution in [1.29, 1.82) is 0 Å². The molecule has 0 aliphatic carbocycles. The molecule has 0 spiro atoms. The first-order valence-corrected chi connectivity index (χ1v) is 10.6. The van der Waals surface area contributed by atoms with Crippen LogP contribution in [0, 0.1) is 0 Å². The van der Waals surface area contributed by atoms with Crippen molar-refractivity contribution in [2.75, 3.05) is 44.2 Å². The molecule has 28 heavy (non-hydrogen) atoms. The van der Waals surface area contributed by atoms with Crippen molar-refractivity contribution in [3.8, 4) is 5.75 Å². The number of aliphatic imine (C=N–C) groups is 1. The lowest BCUT2D eigenvalue weighted by atomic mass is 10.3. The summed E-state index contributed by atoms with van der Waals surface area (Å²) in [6, 6.07) is 9.86. The van der Waals surface area contributed by atoms with Crippen LogP contribution in [0.1, 0.15) is 25.5 Å². The average molecular weight is 515 g/mol.